The lowest BCUT2D eigenvalue weighted by Gasteiger charge is -1.90. The predicted octanol–water partition coefficient (Wildman–Crippen LogP) is 1.56. The average Bonchev–Trinajstić information content (AvgIpc) is 2.64. The lowest BCUT2D eigenvalue weighted by molar-refractivity contribution is 0.579. The first-order valence-electron chi connectivity index (χ1n) is 3.63. The third-order valence-corrected chi connectivity index (χ3v) is 1.80. The van der Waals surface area contributed by atoms with Gasteiger partial charge in [0.05, 0.1) is 6.26 Å². The molecule has 2 heterocycles. The molecule has 0 amide bonds. The van der Waals surface area contributed by atoms with Crippen LogP contribution in [0.15, 0.2) is 22.8 Å². The summed E-state index contributed by atoms with van der Waals surface area (Å²) in [7, 11) is 0. The SMILES string of the molecule is Cc1c(-c2ccco2)n[nH]c1N. The second-order valence-corrected chi connectivity index (χ2v) is 2.59. The Balaban J connectivity index is 2.55. The van der Waals surface area contributed by atoms with Crippen molar-refractivity contribution in [1.29, 1.82) is 0 Å². The number of rotatable bonds is 1. The van der Waals surface area contributed by atoms with E-state index in [9.17, 15) is 0 Å². The van der Waals surface area contributed by atoms with Crippen molar-refractivity contribution in [3.63, 3.8) is 0 Å². The molecule has 2 aromatic rings. The van der Waals surface area contributed by atoms with Crippen LogP contribution >= 0.6 is 0 Å². The molecule has 62 valence electrons. The van der Waals surface area contributed by atoms with Crippen molar-refractivity contribution in [2.24, 2.45) is 0 Å². The number of aromatic nitrogens is 2. The van der Waals surface area contributed by atoms with E-state index in [1.54, 1.807) is 6.26 Å². The highest BCUT2D eigenvalue weighted by atomic mass is 16.3. The number of nitrogens with two attached hydrogens (primary N) is 1. The van der Waals surface area contributed by atoms with Gasteiger partial charge in [0.25, 0.3) is 0 Å². The first kappa shape index (κ1) is 6.97. The maximum atomic E-state index is 5.59. The van der Waals surface area contributed by atoms with E-state index in [2.05, 4.69) is 10.2 Å². The van der Waals surface area contributed by atoms with Crippen molar-refractivity contribution >= 4 is 5.82 Å². The highest BCUT2D eigenvalue weighted by Gasteiger charge is 2.09. The van der Waals surface area contributed by atoms with Crippen molar-refractivity contribution in [3.05, 3.63) is 24.0 Å². The standard InChI is InChI=1S/C8H9N3O/c1-5-7(10-11-8(5)9)6-3-2-4-12-6/h2-4H,1H3,(H3,9,10,11). The van der Waals surface area contributed by atoms with Crippen molar-refractivity contribution in [2.75, 3.05) is 5.73 Å². The number of nitrogen functional groups attached to an aromatic ring is 1. The Bertz CT molecular complexity index is 375. The minimum absolute atomic E-state index is 0.585. The minimum atomic E-state index is 0.585. The molecule has 0 spiro atoms. The molecule has 3 N–H and O–H groups in total. The van der Waals surface area contributed by atoms with Crippen LogP contribution in [0.1, 0.15) is 5.56 Å². The van der Waals surface area contributed by atoms with Gasteiger partial charge in [-0.1, -0.05) is 0 Å². The summed E-state index contributed by atoms with van der Waals surface area (Å²) in [4.78, 5) is 0. The molecule has 2 rings (SSSR count). The van der Waals surface area contributed by atoms with Gasteiger partial charge in [-0.2, -0.15) is 5.10 Å². The zero-order valence-electron chi connectivity index (χ0n) is 6.66. The smallest absolute Gasteiger partial charge is 0.154 e. The maximum absolute atomic E-state index is 5.59. The summed E-state index contributed by atoms with van der Waals surface area (Å²) in [5.74, 6) is 1.32. The van der Waals surface area contributed by atoms with Crippen LogP contribution in [0.3, 0.4) is 0 Å². The topological polar surface area (TPSA) is 67.8 Å². The van der Waals surface area contributed by atoms with Gasteiger partial charge in [0.1, 0.15) is 11.5 Å². The molecule has 12 heavy (non-hydrogen) atoms. The summed E-state index contributed by atoms with van der Waals surface area (Å²) in [5, 5.41) is 6.71. The summed E-state index contributed by atoms with van der Waals surface area (Å²) in [6.45, 7) is 1.90. The van der Waals surface area contributed by atoms with Gasteiger partial charge in [0.15, 0.2) is 5.76 Å². The molecule has 0 aliphatic rings. The molecule has 0 fully saturated rings. The van der Waals surface area contributed by atoms with Crippen molar-refractivity contribution in [1.82, 2.24) is 10.2 Å². The van der Waals surface area contributed by atoms with Gasteiger partial charge in [0, 0.05) is 5.56 Å². The minimum Gasteiger partial charge on any atom is -0.463 e. The van der Waals surface area contributed by atoms with Crippen LogP contribution in [-0.4, -0.2) is 10.2 Å². The Hall–Kier alpha value is -1.71. The Morgan fingerprint density at radius 1 is 1.58 bits per heavy atom. The van der Waals surface area contributed by atoms with Gasteiger partial charge in [-0.3, -0.25) is 5.10 Å². The molecular weight excluding hydrogens is 154 g/mol. The van der Waals surface area contributed by atoms with E-state index >= 15 is 0 Å². The largest absolute Gasteiger partial charge is 0.463 e. The summed E-state index contributed by atoms with van der Waals surface area (Å²) in [6, 6.07) is 3.67. The van der Waals surface area contributed by atoms with Gasteiger partial charge < -0.3 is 10.2 Å². The molecular formula is C8H9N3O. The van der Waals surface area contributed by atoms with Crippen LogP contribution in [0.4, 0.5) is 5.82 Å². The third kappa shape index (κ3) is 0.887. The summed E-state index contributed by atoms with van der Waals surface area (Å²) >= 11 is 0. The number of anilines is 1. The summed E-state index contributed by atoms with van der Waals surface area (Å²) in [6.07, 6.45) is 1.61. The van der Waals surface area contributed by atoms with Crippen LogP contribution in [0, 0.1) is 6.92 Å². The first-order valence-corrected chi connectivity index (χ1v) is 3.63. The van der Waals surface area contributed by atoms with Crippen molar-refractivity contribution in [2.45, 2.75) is 6.92 Å². The van der Waals surface area contributed by atoms with Gasteiger partial charge in [0.2, 0.25) is 0 Å². The van der Waals surface area contributed by atoms with Crippen molar-refractivity contribution < 1.29 is 4.42 Å². The molecule has 0 bridgehead atoms. The molecule has 0 aromatic carbocycles. The molecule has 0 aliphatic carbocycles. The number of H-pyrrole nitrogens is 1. The number of hydrogen-bond acceptors (Lipinski definition) is 3. The lowest BCUT2D eigenvalue weighted by atomic mass is 10.2. The number of nitrogens with zero attached hydrogens (tertiary/aromatic N) is 1. The monoisotopic (exact) mass is 163 g/mol. The molecule has 0 saturated carbocycles. The van der Waals surface area contributed by atoms with Crippen molar-refractivity contribution in [3.8, 4) is 11.5 Å². The lowest BCUT2D eigenvalue weighted by Crippen LogP contribution is -1.85. The number of furan rings is 1. The van der Waals surface area contributed by atoms with Crippen LogP contribution in [0.2, 0.25) is 0 Å². The number of hydrogen-bond donors (Lipinski definition) is 2. The molecule has 4 nitrogen and oxygen atoms in total. The first-order chi connectivity index (χ1) is 5.79. The molecule has 2 aromatic heterocycles. The van der Waals surface area contributed by atoms with Gasteiger partial charge >= 0.3 is 0 Å². The second-order valence-electron chi connectivity index (χ2n) is 2.59. The van der Waals surface area contributed by atoms with Crippen LogP contribution < -0.4 is 5.73 Å². The van der Waals surface area contributed by atoms with E-state index in [0.717, 1.165) is 17.0 Å². The highest BCUT2D eigenvalue weighted by molar-refractivity contribution is 5.62. The summed E-state index contributed by atoms with van der Waals surface area (Å²) < 4.78 is 5.18. The maximum Gasteiger partial charge on any atom is 0.154 e. The van der Waals surface area contributed by atoms with Crippen LogP contribution in [0.25, 0.3) is 11.5 Å². The molecule has 0 radical (unpaired) electrons. The molecule has 0 atom stereocenters. The summed E-state index contributed by atoms with van der Waals surface area (Å²) in [5.41, 5.74) is 7.28. The average molecular weight is 163 g/mol. The van der Waals surface area contributed by atoms with Crippen LogP contribution in [-0.2, 0) is 0 Å². The Morgan fingerprint density at radius 3 is 2.92 bits per heavy atom. The fourth-order valence-corrected chi connectivity index (χ4v) is 1.06. The van der Waals surface area contributed by atoms with E-state index in [0.29, 0.717) is 5.82 Å². The van der Waals surface area contributed by atoms with Gasteiger partial charge in [-0.15, -0.1) is 0 Å². The Labute approximate surface area is 69.4 Å². The van der Waals surface area contributed by atoms with E-state index in [1.807, 2.05) is 19.1 Å². The molecule has 0 saturated heterocycles. The second kappa shape index (κ2) is 2.41. The zero-order chi connectivity index (χ0) is 8.55. The van der Waals surface area contributed by atoms with Gasteiger partial charge in [-0.25, -0.2) is 0 Å². The quantitative estimate of drug-likeness (QED) is 0.670. The fraction of sp³-hybridized carbons (Fsp3) is 0.125. The predicted molar refractivity (Wildman–Crippen MR) is 45.4 cm³/mol. The fourth-order valence-electron chi connectivity index (χ4n) is 1.06. The van der Waals surface area contributed by atoms with E-state index in [-0.39, 0.29) is 0 Å². The van der Waals surface area contributed by atoms with Gasteiger partial charge in [-0.05, 0) is 19.1 Å². The van der Waals surface area contributed by atoms with E-state index in [4.69, 9.17) is 10.2 Å². The Morgan fingerprint density at radius 2 is 2.42 bits per heavy atom. The Kier molecular flexibility index (Phi) is 1.40. The number of aromatic amines is 1. The van der Waals surface area contributed by atoms with E-state index < -0.39 is 0 Å². The normalized spacial score (nSPS) is 10.4. The number of nitrogens with one attached hydrogen (secondary N) is 1. The molecule has 4 heteroatoms. The highest BCUT2D eigenvalue weighted by Crippen LogP contribution is 2.23. The molecule has 0 aliphatic heterocycles. The third-order valence-electron chi connectivity index (χ3n) is 1.80. The zero-order valence-corrected chi connectivity index (χ0v) is 6.66. The van der Waals surface area contributed by atoms with Crippen LogP contribution in [0.5, 0.6) is 0 Å². The van der Waals surface area contributed by atoms with E-state index in [1.165, 1.54) is 0 Å². The molecule has 0 unspecified atom stereocenters.